The molecule has 0 N–H and O–H groups in total. The van der Waals surface area contributed by atoms with E-state index in [1.807, 2.05) is 12.1 Å². The molecule has 1 amide bonds. The van der Waals surface area contributed by atoms with Crippen molar-refractivity contribution in [3.05, 3.63) is 36.5 Å². The number of aromatic nitrogens is 1. The molecule has 0 spiro atoms. The predicted molar refractivity (Wildman–Crippen MR) is 95.9 cm³/mol. The van der Waals surface area contributed by atoms with Gasteiger partial charge in [0.15, 0.2) is 5.75 Å². The van der Waals surface area contributed by atoms with Gasteiger partial charge in [-0.25, -0.2) is 4.79 Å². The molecule has 1 heterocycles. The molecule has 0 saturated heterocycles. The molecule has 0 aliphatic carbocycles. The maximum absolute atomic E-state index is 12.1. The number of ketones is 1. The molecule has 1 aromatic carbocycles. The summed E-state index contributed by atoms with van der Waals surface area (Å²) in [5.74, 6) is 0.296. The van der Waals surface area contributed by atoms with Crippen LogP contribution in [0.3, 0.4) is 0 Å². The molecule has 0 aliphatic heterocycles. The summed E-state index contributed by atoms with van der Waals surface area (Å²) >= 11 is 0. The molecule has 0 bridgehead atoms. The number of nitrogens with zero attached hydrogens (tertiary/aromatic N) is 2. The van der Waals surface area contributed by atoms with Crippen LogP contribution in [0.25, 0.3) is 10.9 Å². The van der Waals surface area contributed by atoms with E-state index < -0.39 is 11.5 Å². The summed E-state index contributed by atoms with van der Waals surface area (Å²) in [4.78, 5) is 32.3. The van der Waals surface area contributed by atoms with E-state index in [0.717, 1.165) is 5.39 Å². The van der Waals surface area contributed by atoms with Crippen molar-refractivity contribution in [1.82, 2.24) is 4.98 Å². The van der Waals surface area contributed by atoms with Crippen molar-refractivity contribution >= 4 is 28.7 Å². The molecule has 0 atom stereocenters. The number of ether oxygens (including phenoxy) is 2. The van der Waals surface area contributed by atoms with Crippen LogP contribution in [-0.2, 0) is 9.53 Å². The fourth-order valence-corrected chi connectivity index (χ4v) is 2.07. The van der Waals surface area contributed by atoms with Gasteiger partial charge in [0.2, 0.25) is 5.90 Å². The Kier molecular flexibility index (Phi) is 5.85. The van der Waals surface area contributed by atoms with E-state index in [0.29, 0.717) is 17.9 Å². The first-order valence-corrected chi connectivity index (χ1v) is 8.10. The van der Waals surface area contributed by atoms with E-state index in [2.05, 4.69) is 9.98 Å². The molecule has 2 rings (SSSR count). The Bertz CT molecular complexity index is 801. The van der Waals surface area contributed by atoms with E-state index in [1.165, 1.54) is 0 Å². The van der Waals surface area contributed by atoms with Crippen molar-refractivity contribution in [3.8, 4) is 5.75 Å². The molecule has 0 aliphatic rings. The number of pyridine rings is 1. The van der Waals surface area contributed by atoms with Gasteiger partial charge in [0.25, 0.3) is 0 Å². The third kappa shape index (κ3) is 5.11. The van der Waals surface area contributed by atoms with Crippen LogP contribution >= 0.6 is 0 Å². The SMILES string of the molecule is CCO/C(CC(=O)C(C)(C)C)=N\C(=O)Oc1cccc2cccnc12. The number of carbonyl (C=O) groups excluding carboxylic acids is 2. The minimum atomic E-state index is -0.844. The Morgan fingerprint density at radius 1 is 1.16 bits per heavy atom. The molecule has 2 aromatic rings. The van der Waals surface area contributed by atoms with Gasteiger partial charge in [-0.15, -0.1) is 4.99 Å². The lowest BCUT2D eigenvalue weighted by Gasteiger charge is -2.17. The zero-order chi connectivity index (χ0) is 18.4. The standard InChI is InChI=1S/C19H22N2O4/c1-5-24-16(12-15(22)19(2,3)4)21-18(23)25-14-10-6-8-13-9-7-11-20-17(13)14/h6-11H,5,12H2,1-4H3/b21-16-. The minimum absolute atomic E-state index is 0.0553. The normalized spacial score (nSPS) is 12.1. The van der Waals surface area contributed by atoms with Crippen molar-refractivity contribution in [2.75, 3.05) is 6.61 Å². The third-order valence-corrected chi connectivity index (χ3v) is 3.47. The summed E-state index contributed by atoms with van der Waals surface area (Å²) in [6.07, 6.45) is 0.722. The molecule has 0 fully saturated rings. The highest BCUT2D eigenvalue weighted by molar-refractivity contribution is 6.03. The van der Waals surface area contributed by atoms with Gasteiger partial charge < -0.3 is 9.47 Å². The molecule has 6 heteroatoms. The number of carbonyl (C=O) groups is 2. The Hall–Kier alpha value is -2.76. The number of benzene rings is 1. The molecule has 6 nitrogen and oxygen atoms in total. The number of Topliss-reactive ketones (excluding diaryl/α,β-unsaturated/α-hetero) is 1. The minimum Gasteiger partial charge on any atom is -0.481 e. The number of hydrogen-bond donors (Lipinski definition) is 0. The first-order valence-electron chi connectivity index (χ1n) is 8.10. The topological polar surface area (TPSA) is 77.8 Å². The third-order valence-electron chi connectivity index (χ3n) is 3.47. The van der Waals surface area contributed by atoms with Crippen molar-refractivity contribution < 1.29 is 19.1 Å². The van der Waals surface area contributed by atoms with E-state index >= 15 is 0 Å². The Balaban J connectivity index is 2.19. The summed E-state index contributed by atoms with van der Waals surface area (Å²) < 4.78 is 10.6. The second-order valence-corrected chi connectivity index (χ2v) is 6.49. The fraction of sp³-hybridized carbons (Fsp3) is 0.368. The van der Waals surface area contributed by atoms with Crippen LogP contribution in [0.15, 0.2) is 41.5 Å². The molecule has 0 saturated carbocycles. The van der Waals surface area contributed by atoms with Crippen molar-refractivity contribution in [1.29, 1.82) is 0 Å². The van der Waals surface area contributed by atoms with E-state index in [9.17, 15) is 9.59 Å². The maximum atomic E-state index is 12.1. The first kappa shape index (κ1) is 18.6. The summed E-state index contributed by atoms with van der Waals surface area (Å²) in [5.41, 5.74) is 0.0266. The quantitative estimate of drug-likeness (QED) is 0.615. The lowest BCUT2D eigenvalue weighted by molar-refractivity contribution is -0.125. The molecule has 0 radical (unpaired) electrons. The summed E-state index contributed by atoms with van der Waals surface area (Å²) in [5, 5.41) is 0.852. The van der Waals surface area contributed by atoms with Gasteiger partial charge in [-0.2, -0.15) is 0 Å². The van der Waals surface area contributed by atoms with E-state index in [-0.39, 0.29) is 18.1 Å². The largest absolute Gasteiger partial charge is 0.481 e. The highest BCUT2D eigenvalue weighted by atomic mass is 16.6. The van der Waals surface area contributed by atoms with Crippen molar-refractivity contribution in [2.45, 2.75) is 34.1 Å². The van der Waals surface area contributed by atoms with Crippen molar-refractivity contribution in [2.24, 2.45) is 10.4 Å². The predicted octanol–water partition coefficient (Wildman–Crippen LogP) is 4.17. The van der Waals surface area contributed by atoms with Gasteiger partial charge in [0, 0.05) is 17.0 Å². The monoisotopic (exact) mass is 342 g/mol. The van der Waals surface area contributed by atoms with E-state index in [1.54, 1.807) is 52.1 Å². The Morgan fingerprint density at radius 3 is 2.56 bits per heavy atom. The highest BCUT2D eigenvalue weighted by Crippen LogP contribution is 2.23. The fourth-order valence-electron chi connectivity index (χ4n) is 2.07. The van der Waals surface area contributed by atoms with Crippen LogP contribution < -0.4 is 4.74 Å². The van der Waals surface area contributed by atoms with Gasteiger partial charge >= 0.3 is 6.09 Å². The van der Waals surface area contributed by atoms with Crippen molar-refractivity contribution in [3.63, 3.8) is 0 Å². The van der Waals surface area contributed by atoms with Gasteiger partial charge in [-0.3, -0.25) is 9.78 Å². The molecule has 1 aromatic heterocycles. The lowest BCUT2D eigenvalue weighted by atomic mass is 9.89. The Labute approximate surface area is 146 Å². The zero-order valence-electron chi connectivity index (χ0n) is 14.9. The molecule has 132 valence electrons. The second kappa shape index (κ2) is 7.88. The van der Waals surface area contributed by atoms with Gasteiger partial charge in [0.05, 0.1) is 13.0 Å². The molecule has 25 heavy (non-hydrogen) atoms. The maximum Gasteiger partial charge on any atom is 0.442 e. The number of rotatable bonds is 4. The van der Waals surface area contributed by atoms with Gasteiger partial charge in [-0.05, 0) is 19.1 Å². The number of amides is 1. The highest BCUT2D eigenvalue weighted by Gasteiger charge is 2.24. The average Bonchev–Trinajstić information content (AvgIpc) is 2.54. The molecule has 0 unspecified atom stereocenters. The van der Waals surface area contributed by atoms with E-state index in [4.69, 9.17) is 9.47 Å². The second-order valence-electron chi connectivity index (χ2n) is 6.49. The Morgan fingerprint density at radius 2 is 1.88 bits per heavy atom. The summed E-state index contributed by atoms with van der Waals surface area (Å²) in [6, 6.07) is 8.96. The smallest absolute Gasteiger partial charge is 0.442 e. The van der Waals surface area contributed by atoms with Crippen LogP contribution in [0.2, 0.25) is 0 Å². The molecular formula is C19H22N2O4. The number of para-hydroxylation sites is 1. The number of aliphatic imine (C=N–C) groups is 1. The summed E-state index contributed by atoms with van der Waals surface area (Å²) in [7, 11) is 0. The van der Waals surface area contributed by atoms with Crippen LogP contribution in [0.4, 0.5) is 4.79 Å². The van der Waals surface area contributed by atoms with Crippen LogP contribution in [0.5, 0.6) is 5.75 Å². The lowest BCUT2D eigenvalue weighted by Crippen LogP contribution is -2.25. The first-order chi connectivity index (χ1) is 11.8. The van der Waals surface area contributed by atoms with Gasteiger partial charge in [-0.1, -0.05) is 39.0 Å². The van der Waals surface area contributed by atoms with Crippen LogP contribution in [-0.4, -0.2) is 29.4 Å². The zero-order valence-corrected chi connectivity index (χ0v) is 14.9. The van der Waals surface area contributed by atoms with Crippen LogP contribution in [0, 0.1) is 5.41 Å². The molecular weight excluding hydrogens is 320 g/mol. The number of hydrogen-bond acceptors (Lipinski definition) is 5. The number of fused-ring (bicyclic) bond motifs is 1. The van der Waals surface area contributed by atoms with Gasteiger partial charge in [0.1, 0.15) is 11.3 Å². The van der Waals surface area contributed by atoms with Crippen LogP contribution in [0.1, 0.15) is 34.1 Å². The average molecular weight is 342 g/mol. The summed E-state index contributed by atoms with van der Waals surface area (Å²) in [6.45, 7) is 7.48.